The number of rotatable bonds is 4. The number of benzene rings is 2. The first-order chi connectivity index (χ1) is 15.8. The normalized spacial score (nSPS) is 17.5. The van der Waals surface area contributed by atoms with Crippen LogP contribution in [0.25, 0.3) is 17.0 Å². The van der Waals surface area contributed by atoms with E-state index in [0.29, 0.717) is 28.0 Å². The molecule has 2 aliphatic rings. The topological polar surface area (TPSA) is 127 Å². The summed E-state index contributed by atoms with van der Waals surface area (Å²) in [6, 6.07) is 9.85. The molecule has 1 atom stereocenters. The van der Waals surface area contributed by atoms with Gasteiger partial charge in [-0.2, -0.15) is 0 Å². The van der Waals surface area contributed by atoms with Gasteiger partial charge in [0.25, 0.3) is 11.8 Å². The third-order valence-corrected chi connectivity index (χ3v) is 5.56. The summed E-state index contributed by atoms with van der Waals surface area (Å²) >= 11 is 0. The van der Waals surface area contributed by atoms with Crippen molar-refractivity contribution in [1.29, 1.82) is 0 Å². The van der Waals surface area contributed by atoms with E-state index in [1.54, 1.807) is 41.1 Å². The number of hydrogen-bond donors (Lipinski definition) is 2. The monoisotopic (exact) mass is 447 g/mol. The second kappa shape index (κ2) is 7.52. The molecule has 0 saturated carbocycles. The molecule has 3 aromatic rings. The number of carbonyl (C=O) groups excluding carboxylic acids is 3. The Morgan fingerprint density at radius 2 is 1.88 bits per heavy atom. The van der Waals surface area contributed by atoms with Crippen molar-refractivity contribution in [3.05, 3.63) is 59.8 Å². The molecule has 10 nitrogen and oxygen atoms in total. The molecule has 166 valence electrons. The number of fused-ring (bicyclic) bond motifs is 2. The quantitative estimate of drug-likeness (QED) is 0.465. The van der Waals surface area contributed by atoms with Crippen molar-refractivity contribution in [1.82, 2.24) is 9.88 Å². The maximum atomic E-state index is 13.2. The Hall–Kier alpha value is -4.60. The fourth-order valence-electron chi connectivity index (χ4n) is 3.86. The first kappa shape index (κ1) is 20.3. The van der Waals surface area contributed by atoms with Gasteiger partial charge in [0.1, 0.15) is 11.6 Å². The van der Waals surface area contributed by atoms with Crippen LogP contribution in [0, 0.1) is 0 Å². The molecule has 1 saturated heterocycles. The van der Waals surface area contributed by atoms with Crippen LogP contribution in [0.3, 0.4) is 0 Å². The minimum Gasteiger partial charge on any atom is -0.480 e. The highest BCUT2D eigenvalue weighted by Crippen LogP contribution is 2.36. The zero-order valence-electron chi connectivity index (χ0n) is 17.3. The van der Waals surface area contributed by atoms with Gasteiger partial charge in [-0.3, -0.25) is 14.9 Å². The number of anilines is 1. The number of urea groups is 1. The van der Waals surface area contributed by atoms with Crippen molar-refractivity contribution in [2.75, 3.05) is 11.7 Å². The van der Waals surface area contributed by atoms with Crippen LogP contribution >= 0.6 is 0 Å². The predicted molar refractivity (Wildman–Crippen MR) is 116 cm³/mol. The average Bonchev–Trinajstić information content (AvgIpc) is 3.40. The molecule has 0 spiro atoms. The number of hydrogen-bond acceptors (Lipinski definition) is 6. The summed E-state index contributed by atoms with van der Waals surface area (Å²) in [5.74, 6) is -1.83. The Morgan fingerprint density at radius 1 is 1.12 bits per heavy atom. The summed E-state index contributed by atoms with van der Waals surface area (Å²) in [4.78, 5) is 50.7. The third-order valence-electron chi connectivity index (χ3n) is 5.56. The second-order valence-electron chi connectivity index (χ2n) is 7.52. The molecule has 0 aliphatic carbocycles. The first-order valence-corrected chi connectivity index (χ1v) is 9.98. The van der Waals surface area contributed by atoms with Gasteiger partial charge >= 0.3 is 12.0 Å². The van der Waals surface area contributed by atoms with E-state index in [1.807, 2.05) is 0 Å². The number of para-hydroxylation sites is 1. The summed E-state index contributed by atoms with van der Waals surface area (Å²) in [5, 5.41) is 12.3. The number of carboxylic acid groups (broad SMARTS) is 1. The molecule has 1 fully saturated rings. The predicted octanol–water partition coefficient (Wildman–Crippen LogP) is 2.68. The van der Waals surface area contributed by atoms with Crippen LogP contribution < -0.4 is 19.7 Å². The Morgan fingerprint density at radius 3 is 2.67 bits per heavy atom. The Balaban J connectivity index is 1.59. The van der Waals surface area contributed by atoms with Gasteiger partial charge in [0, 0.05) is 28.7 Å². The molecule has 2 aromatic carbocycles. The number of ether oxygens (including phenoxy) is 2. The molecule has 1 aromatic heterocycles. The lowest BCUT2D eigenvalue weighted by Gasteiger charge is -2.26. The van der Waals surface area contributed by atoms with Crippen LogP contribution in [0.4, 0.5) is 10.5 Å². The summed E-state index contributed by atoms with van der Waals surface area (Å²) in [5.41, 5.74) is 1.05. The van der Waals surface area contributed by atoms with Crippen molar-refractivity contribution < 1.29 is 33.8 Å². The Kier molecular flexibility index (Phi) is 4.63. The fourth-order valence-corrected chi connectivity index (χ4v) is 3.86. The molecular weight excluding hydrogens is 430 g/mol. The van der Waals surface area contributed by atoms with Gasteiger partial charge in [-0.05, 0) is 31.2 Å². The van der Waals surface area contributed by atoms with Gasteiger partial charge in [0.2, 0.25) is 6.79 Å². The van der Waals surface area contributed by atoms with Crippen LogP contribution in [0.2, 0.25) is 0 Å². The number of amides is 4. The highest BCUT2D eigenvalue weighted by atomic mass is 16.7. The molecule has 33 heavy (non-hydrogen) atoms. The Labute approximate surface area is 186 Å². The minimum atomic E-state index is -1.03. The van der Waals surface area contributed by atoms with Gasteiger partial charge < -0.3 is 19.1 Å². The molecule has 0 unspecified atom stereocenters. The largest absolute Gasteiger partial charge is 0.480 e. The lowest BCUT2D eigenvalue weighted by atomic mass is 10.1. The maximum absolute atomic E-state index is 13.2. The zero-order chi connectivity index (χ0) is 23.3. The fraction of sp³-hybridized carbons (Fsp3) is 0.130. The lowest BCUT2D eigenvalue weighted by molar-refractivity contribution is -0.140. The van der Waals surface area contributed by atoms with E-state index in [-0.39, 0.29) is 18.1 Å². The van der Waals surface area contributed by atoms with Crippen molar-refractivity contribution in [2.24, 2.45) is 0 Å². The summed E-state index contributed by atoms with van der Waals surface area (Å²) < 4.78 is 12.1. The summed E-state index contributed by atoms with van der Waals surface area (Å²) in [6.07, 6.45) is 2.93. The number of barbiturate groups is 1. The number of carbonyl (C=O) groups is 4. The highest BCUT2D eigenvalue weighted by Gasteiger charge is 2.37. The number of nitrogens with one attached hydrogen (secondary N) is 1. The van der Waals surface area contributed by atoms with E-state index < -0.39 is 29.9 Å². The highest BCUT2D eigenvalue weighted by molar-refractivity contribution is 6.39. The van der Waals surface area contributed by atoms with Crippen LogP contribution in [0.5, 0.6) is 11.5 Å². The lowest BCUT2D eigenvalue weighted by Crippen LogP contribution is -2.54. The maximum Gasteiger partial charge on any atom is 0.335 e. The van der Waals surface area contributed by atoms with E-state index in [1.165, 1.54) is 25.1 Å². The van der Waals surface area contributed by atoms with Gasteiger partial charge in [-0.25, -0.2) is 14.5 Å². The smallest absolute Gasteiger partial charge is 0.335 e. The molecule has 2 N–H and O–H groups in total. The molecule has 0 bridgehead atoms. The van der Waals surface area contributed by atoms with Gasteiger partial charge in [0.05, 0.1) is 5.69 Å². The van der Waals surface area contributed by atoms with Crippen molar-refractivity contribution in [3.63, 3.8) is 0 Å². The average molecular weight is 447 g/mol. The van der Waals surface area contributed by atoms with E-state index >= 15 is 0 Å². The molecule has 4 amide bonds. The number of aliphatic carboxylic acids is 1. The zero-order valence-corrected chi connectivity index (χ0v) is 17.3. The SMILES string of the molecule is C[C@@H](C(=O)O)n1cc(/C=C2\C(=O)NC(=O)N(c3ccc4c(c3)OCO4)C2=O)c2ccccc21. The molecule has 0 radical (unpaired) electrons. The Bertz CT molecular complexity index is 1390. The van der Waals surface area contributed by atoms with Gasteiger partial charge in [0.15, 0.2) is 11.5 Å². The number of nitrogens with zero attached hydrogens (tertiary/aromatic N) is 2. The third kappa shape index (κ3) is 3.28. The van der Waals surface area contributed by atoms with Crippen LogP contribution in [0.1, 0.15) is 18.5 Å². The van der Waals surface area contributed by atoms with Crippen LogP contribution in [-0.2, 0) is 14.4 Å². The molecule has 3 heterocycles. The van der Waals surface area contributed by atoms with E-state index in [4.69, 9.17) is 9.47 Å². The van der Waals surface area contributed by atoms with Gasteiger partial charge in [-0.15, -0.1) is 0 Å². The summed E-state index contributed by atoms with van der Waals surface area (Å²) in [7, 11) is 0. The van der Waals surface area contributed by atoms with Crippen LogP contribution in [-0.4, -0.2) is 40.3 Å². The van der Waals surface area contributed by atoms with Crippen molar-refractivity contribution >= 4 is 46.5 Å². The van der Waals surface area contributed by atoms with Crippen LogP contribution in [0.15, 0.2) is 54.2 Å². The second-order valence-corrected chi connectivity index (χ2v) is 7.52. The summed E-state index contributed by atoms with van der Waals surface area (Å²) in [6.45, 7) is 1.56. The standard InChI is InChI=1S/C23H17N3O7/c1-12(22(29)30)25-10-13(15-4-2-3-5-17(15)25)8-16-20(27)24-23(31)26(21(16)28)14-6-7-18-19(9-14)33-11-32-18/h2-10,12H,11H2,1H3,(H,29,30)(H,24,27,31)/b16-8+/t12-/m0/s1. The van der Waals surface area contributed by atoms with Crippen molar-refractivity contribution in [3.8, 4) is 11.5 Å². The molecule has 5 rings (SSSR count). The molecular formula is C23H17N3O7. The number of aromatic nitrogens is 1. The van der Waals surface area contributed by atoms with Crippen molar-refractivity contribution in [2.45, 2.75) is 13.0 Å². The molecule has 2 aliphatic heterocycles. The van der Waals surface area contributed by atoms with Gasteiger partial charge in [-0.1, -0.05) is 18.2 Å². The van der Waals surface area contributed by atoms with E-state index in [0.717, 1.165) is 4.90 Å². The number of carboxylic acids is 1. The van der Waals surface area contributed by atoms with E-state index in [2.05, 4.69) is 5.32 Å². The number of imide groups is 2. The minimum absolute atomic E-state index is 0.0292. The van der Waals surface area contributed by atoms with E-state index in [9.17, 15) is 24.3 Å². The first-order valence-electron chi connectivity index (χ1n) is 9.98. The molecule has 10 heteroatoms.